The number of carbonyl (C=O) groups excluding carboxylic acids is 2. The van der Waals surface area contributed by atoms with Gasteiger partial charge in [0.1, 0.15) is 0 Å². The number of aliphatic hydroxyl groups excluding tert-OH is 1. The average Bonchev–Trinajstić information content (AvgIpc) is 2.52. The van der Waals surface area contributed by atoms with Crippen molar-refractivity contribution in [3.63, 3.8) is 0 Å². The van der Waals surface area contributed by atoms with Crippen LogP contribution in [0.1, 0.15) is 28.8 Å². The molecule has 1 aliphatic heterocycles. The lowest BCUT2D eigenvalue weighted by Gasteiger charge is -2.31. The van der Waals surface area contributed by atoms with E-state index >= 15 is 0 Å². The van der Waals surface area contributed by atoms with Gasteiger partial charge in [0, 0.05) is 25.3 Å². The molecular weight excluding hydrogens is 268 g/mol. The van der Waals surface area contributed by atoms with E-state index in [0.29, 0.717) is 24.6 Å². The van der Waals surface area contributed by atoms with Crippen molar-refractivity contribution in [1.82, 2.24) is 10.2 Å². The topological polar surface area (TPSA) is 69.6 Å². The Balaban J connectivity index is 1.82. The molecule has 21 heavy (non-hydrogen) atoms. The highest BCUT2D eigenvalue weighted by atomic mass is 16.3. The number of aryl methyl sites for hydroxylation is 1. The van der Waals surface area contributed by atoms with Gasteiger partial charge in [-0.25, -0.2) is 0 Å². The molecule has 2 amide bonds. The molecule has 5 heteroatoms. The van der Waals surface area contributed by atoms with Crippen molar-refractivity contribution in [3.8, 4) is 0 Å². The number of benzene rings is 1. The predicted octanol–water partition coefficient (Wildman–Crippen LogP) is 0.956. The molecular formula is C16H22N2O3. The molecule has 1 heterocycles. The van der Waals surface area contributed by atoms with E-state index in [1.54, 1.807) is 11.0 Å². The van der Waals surface area contributed by atoms with Gasteiger partial charge in [0.15, 0.2) is 0 Å². The van der Waals surface area contributed by atoms with Gasteiger partial charge in [-0.1, -0.05) is 18.2 Å². The van der Waals surface area contributed by atoms with Crippen LogP contribution in [0.15, 0.2) is 24.3 Å². The lowest BCUT2D eigenvalue weighted by atomic mass is 9.98. The van der Waals surface area contributed by atoms with Crippen molar-refractivity contribution in [3.05, 3.63) is 35.4 Å². The molecule has 0 unspecified atom stereocenters. The highest BCUT2D eigenvalue weighted by Crippen LogP contribution is 2.16. The number of likely N-dealkylation sites (tertiary alicyclic amines) is 1. The van der Waals surface area contributed by atoms with Crippen LogP contribution >= 0.6 is 0 Å². The van der Waals surface area contributed by atoms with Crippen molar-refractivity contribution in [2.45, 2.75) is 19.8 Å². The molecule has 114 valence electrons. The van der Waals surface area contributed by atoms with Gasteiger partial charge in [-0.05, 0) is 37.3 Å². The van der Waals surface area contributed by atoms with Gasteiger partial charge in [0.2, 0.25) is 5.91 Å². The van der Waals surface area contributed by atoms with Crippen LogP contribution in [-0.4, -0.2) is 48.1 Å². The highest BCUT2D eigenvalue weighted by molar-refractivity contribution is 5.97. The van der Waals surface area contributed by atoms with Gasteiger partial charge in [-0.3, -0.25) is 9.59 Å². The Hall–Kier alpha value is -1.88. The molecule has 1 saturated heterocycles. The molecule has 1 aliphatic rings. The first-order valence-corrected chi connectivity index (χ1v) is 7.34. The Labute approximate surface area is 125 Å². The normalized spacial score (nSPS) is 15.8. The zero-order valence-corrected chi connectivity index (χ0v) is 12.3. The number of aliphatic hydroxyl groups is 1. The van der Waals surface area contributed by atoms with Crippen molar-refractivity contribution in [2.75, 3.05) is 26.2 Å². The third-order valence-electron chi connectivity index (χ3n) is 4.02. The summed E-state index contributed by atoms with van der Waals surface area (Å²) >= 11 is 0. The molecule has 5 nitrogen and oxygen atoms in total. The molecule has 0 spiro atoms. The third-order valence-corrected chi connectivity index (χ3v) is 4.02. The van der Waals surface area contributed by atoms with Crippen LogP contribution in [0.5, 0.6) is 0 Å². The molecule has 2 N–H and O–H groups in total. The fourth-order valence-corrected chi connectivity index (χ4v) is 2.56. The van der Waals surface area contributed by atoms with Crippen LogP contribution in [0.4, 0.5) is 0 Å². The van der Waals surface area contributed by atoms with Crippen molar-refractivity contribution >= 4 is 11.8 Å². The molecule has 1 aromatic carbocycles. The summed E-state index contributed by atoms with van der Waals surface area (Å²) in [7, 11) is 0. The zero-order chi connectivity index (χ0) is 15.2. The minimum atomic E-state index is -0.216. The maximum absolute atomic E-state index is 12.1. The smallest absolute Gasteiger partial charge is 0.251 e. The standard InChI is InChI=1S/C16H22N2O3/c1-12-4-2-3-5-14(12)16(21)17-10-15(20)18-8-6-13(11-19)7-9-18/h2-5,13,19H,6-11H2,1H3,(H,17,21). The van der Waals surface area contributed by atoms with E-state index in [4.69, 9.17) is 5.11 Å². The summed E-state index contributed by atoms with van der Waals surface area (Å²) < 4.78 is 0. The van der Waals surface area contributed by atoms with Crippen molar-refractivity contribution in [2.24, 2.45) is 5.92 Å². The fraction of sp³-hybridized carbons (Fsp3) is 0.500. The molecule has 1 fully saturated rings. The van der Waals surface area contributed by atoms with Crippen LogP contribution in [0.25, 0.3) is 0 Å². The van der Waals surface area contributed by atoms with Crippen LogP contribution in [0.3, 0.4) is 0 Å². The first-order valence-electron chi connectivity index (χ1n) is 7.34. The second kappa shape index (κ2) is 7.22. The van der Waals surface area contributed by atoms with E-state index in [1.165, 1.54) is 0 Å². The van der Waals surface area contributed by atoms with Crippen LogP contribution in [0.2, 0.25) is 0 Å². The first kappa shape index (κ1) is 15.5. The van der Waals surface area contributed by atoms with Gasteiger partial charge in [0.25, 0.3) is 5.91 Å². The summed E-state index contributed by atoms with van der Waals surface area (Å²) in [5, 5.41) is 11.8. The summed E-state index contributed by atoms with van der Waals surface area (Å²) in [6, 6.07) is 7.31. The summed E-state index contributed by atoms with van der Waals surface area (Å²) in [6.07, 6.45) is 1.65. The highest BCUT2D eigenvalue weighted by Gasteiger charge is 2.22. The Morgan fingerprint density at radius 2 is 1.95 bits per heavy atom. The Morgan fingerprint density at radius 3 is 2.57 bits per heavy atom. The number of piperidine rings is 1. The Morgan fingerprint density at radius 1 is 1.29 bits per heavy atom. The van der Waals surface area contributed by atoms with E-state index in [1.807, 2.05) is 25.1 Å². The second-order valence-electron chi connectivity index (χ2n) is 5.50. The maximum atomic E-state index is 12.1. The lowest BCUT2D eigenvalue weighted by Crippen LogP contribution is -2.44. The van der Waals surface area contributed by atoms with Gasteiger partial charge in [0.05, 0.1) is 6.54 Å². The molecule has 0 radical (unpaired) electrons. The maximum Gasteiger partial charge on any atom is 0.251 e. The van der Waals surface area contributed by atoms with E-state index in [0.717, 1.165) is 18.4 Å². The summed E-state index contributed by atoms with van der Waals surface area (Å²) in [4.78, 5) is 25.9. The second-order valence-corrected chi connectivity index (χ2v) is 5.50. The van der Waals surface area contributed by atoms with E-state index < -0.39 is 0 Å². The molecule has 0 bridgehead atoms. The van der Waals surface area contributed by atoms with Gasteiger partial charge < -0.3 is 15.3 Å². The van der Waals surface area contributed by atoms with Gasteiger partial charge in [-0.15, -0.1) is 0 Å². The average molecular weight is 290 g/mol. The Kier molecular flexibility index (Phi) is 5.33. The number of carbonyl (C=O) groups is 2. The number of hydrogen-bond acceptors (Lipinski definition) is 3. The van der Waals surface area contributed by atoms with Crippen molar-refractivity contribution in [1.29, 1.82) is 0 Å². The summed E-state index contributed by atoms with van der Waals surface area (Å²) in [5.74, 6) is 0.0237. The van der Waals surface area contributed by atoms with E-state index in [-0.39, 0.29) is 25.0 Å². The molecule has 0 atom stereocenters. The molecule has 0 aromatic heterocycles. The monoisotopic (exact) mass is 290 g/mol. The van der Waals surface area contributed by atoms with Crippen LogP contribution in [-0.2, 0) is 4.79 Å². The molecule has 1 aromatic rings. The van der Waals surface area contributed by atoms with E-state index in [2.05, 4.69) is 5.32 Å². The quantitative estimate of drug-likeness (QED) is 0.867. The number of amides is 2. The SMILES string of the molecule is Cc1ccccc1C(=O)NCC(=O)N1CCC(CO)CC1. The van der Waals surface area contributed by atoms with Gasteiger partial charge in [-0.2, -0.15) is 0 Å². The van der Waals surface area contributed by atoms with Crippen LogP contribution < -0.4 is 5.32 Å². The first-order chi connectivity index (χ1) is 10.1. The van der Waals surface area contributed by atoms with Crippen molar-refractivity contribution < 1.29 is 14.7 Å². The number of nitrogens with zero attached hydrogens (tertiary/aromatic N) is 1. The molecule has 0 saturated carbocycles. The number of nitrogens with one attached hydrogen (secondary N) is 1. The lowest BCUT2D eigenvalue weighted by molar-refractivity contribution is -0.131. The summed E-state index contributed by atoms with van der Waals surface area (Å²) in [6.45, 7) is 3.40. The van der Waals surface area contributed by atoms with E-state index in [9.17, 15) is 9.59 Å². The minimum absolute atomic E-state index is 0.0248. The number of hydrogen-bond donors (Lipinski definition) is 2. The van der Waals surface area contributed by atoms with Crippen LogP contribution in [0, 0.1) is 12.8 Å². The third kappa shape index (κ3) is 4.04. The largest absolute Gasteiger partial charge is 0.396 e. The minimum Gasteiger partial charge on any atom is -0.396 e. The molecule has 2 rings (SSSR count). The Bertz CT molecular complexity index is 508. The summed E-state index contributed by atoms with van der Waals surface area (Å²) in [5.41, 5.74) is 1.50. The fourth-order valence-electron chi connectivity index (χ4n) is 2.56. The predicted molar refractivity (Wildman–Crippen MR) is 79.9 cm³/mol. The number of rotatable bonds is 4. The van der Waals surface area contributed by atoms with Gasteiger partial charge >= 0.3 is 0 Å². The zero-order valence-electron chi connectivity index (χ0n) is 12.3. The molecule has 0 aliphatic carbocycles.